The maximum atomic E-state index is 9.69. The Bertz CT molecular complexity index is 740. The highest BCUT2D eigenvalue weighted by atomic mass is 79.9. The maximum Gasteiger partial charge on any atom is 0.269 e. The SMILES string of the molecule is N#CB1CC2(CCN(c3cc4c(c(Br)c3C#N)CCCC4)C2)C1. The van der Waals surface area contributed by atoms with Crippen LogP contribution >= 0.6 is 15.9 Å². The monoisotopic (exact) mass is 367 g/mol. The van der Waals surface area contributed by atoms with Crippen molar-refractivity contribution in [2.24, 2.45) is 5.41 Å². The van der Waals surface area contributed by atoms with Crippen LogP contribution in [0, 0.1) is 28.0 Å². The van der Waals surface area contributed by atoms with E-state index in [4.69, 9.17) is 5.26 Å². The third-order valence-electron chi connectivity index (χ3n) is 5.99. The molecule has 1 aromatic rings. The van der Waals surface area contributed by atoms with Crippen molar-refractivity contribution in [2.75, 3.05) is 18.0 Å². The zero-order chi connectivity index (χ0) is 16.0. The number of nitriles is 2. The molecule has 3 nitrogen and oxygen atoms in total. The van der Waals surface area contributed by atoms with Gasteiger partial charge >= 0.3 is 0 Å². The van der Waals surface area contributed by atoms with Crippen LogP contribution in [0.15, 0.2) is 10.5 Å². The third-order valence-corrected chi connectivity index (χ3v) is 6.87. The second-order valence-corrected chi connectivity index (χ2v) is 8.24. The number of aryl methyl sites for hydroxylation is 1. The average Bonchev–Trinajstić information content (AvgIpc) is 2.98. The van der Waals surface area contributed by atoms with Crippen LogP contribution in [0.4, 0.5) is 5.69 Å². The Morgan fingerprint density at radius 2 is 2.00 bits per heavy atom. The van der Waals surface area contributed by atoms with Gasteiger partial charge in [-0.05, 0) is 70.6 Å². The molecule has 0 radical (unpaired) electrons. The first kappa shape index (κ1) is 15.1. The summed E-state index contributed by atoms with van der Waals surface area (Å²) in [7, 11) is 0. The molecular weight excluding hydrogens is 349 g/mol. The Morgan fingerprint density at radius 1 is 1.22 bits per heavy atom. The van der Waals surface area contributed by atoms with Crippen LogP contribution in [0.1, 0.15) is 36.0 Å². The van der Waals surface area contributed by atoms with Crippen LogP contribution in [-0.4, -0.2) is 19.8 Å². The van der Waals surface area contributed by atoms with E-state index in [1.807, 2.05) is 0 Å². The van der Waals surface area contributed by atoms with Crippen molar-refractivity contribution in [1.29, 1.82) is 10.5 Å². The minimum absolute atomic E-state index is 0.251. The average molecular weight is 368 g/mol. The van der Waals surface area contributed by atoms with Crippen LogP contribution in [0.2, 0.25) is 12.6 Å². The smallest absolute Gasteiger partial charge is 0.269 e. The summed E-state index contributed by atoms with van der Waals surface area (Å²) in [6.45, 7) is 2.27. The molecule has 0 N–H and O–H groups in total. The quantitative estimate of drug-likeness (QED) is 0.705. The van der Waals surface area contributed by atoms with Crippen molar-refractivity contribution in [3.8, 4) is 12.0 Å². The molecule has 2 heterocycles. The number of fused-ring (bicyclic) bond motifs is 1. The van der Waals surface area contributed by atoms with Crippen LogP contribution < -0.4 is 4.90 Å². The van der Waals surface area contributed by atoms with Gasteiger partial charge in [0.15, 0.2) is 0 Å². The molecule has 1 aromatic carbocycles. The largest absolute Gasteiger partial charge is 0.370 e. The summed E-state index contributed by atoms with van der Waals surface area (Å²) < 4.78 is 1.02. The molecule has 3 aliphatic rings. The highest BCUT2D eigenvalue weighted by Crippen LogP contribution is 2.51. The number of nitrogens with zero attached hydrogens (tertiary/aromatic N) is 3. The molecule has 0 saturated carbocycles. The molecule has 0 bridgehead atoms. The number of rotatable bonds is 1. The summed E-state index contributed by atoms with van der Waals surface area (Å²) in [4.78, 5) is 2.39. The van der Waals surface area contributed by atoms with E-state index in [9.17, 15) is 5.26 Å². The van der Waals surface area contributed by atoms with Crippen LogP contribution in [0.25, 0.3) is 0 Å². The predicted molar refractivity (Wildman–Crippen MR) is 95.7 cm³/mol. The Hall–Kier alpha value is -1.46. The molecule has 0 amide bonds. The standard InChI is InChI=1S/C18H19BBrN3/c20-17-14-4-2-1-3-13(14)7-16(15(17)8-21)23-6-5-18(11-23)9-19(10-18)12-22/h7H,1-6,9-11H2. The van der Waals surface area contributed by atoms with E-state index < -0.39 is 0 Å². The second-order valence-electron chi connectivity index (χ2n) is 7.45. The molecule has 2 saturated heterocycles. The molecular formula is C18H19BBrN3. The van der Waals surface area contributed by atoms with Crippen molar-refractivity contribution in [2.45, 2.75) is 44.7 Å². The van der Waals surface area contributed by atoms with Crippen molar-refractivity contribution >= 4 is 28.3 Å². The first-order valence-corrected chi connectivity index (χ1v) is 9.34. The lowest BCUT2D eigenvalue weighted by atomic mass is 9.27. The normalized spacial score (nSPS) is 21.5. The minimum Gasteiger partial charge on any atom is -0.370 e. The molecule has 2 fully saturated rings. The predicted octanol–water partition coefficient (Wildman–Crippen LogP) is 3.97. The van der Waals surface area contributed by atoms with E-state index >= 15 is 0 Å². The molecule has 0 unspecified atom stereocenters. The van der Waals surface area contributed by atoms with Crippen molar-refractivity contribution in [3.63, 3.8) is 0 Å². The summed E-state index contributed by atoms with van der Waals surface area (Å²) in [5, 5.41) is 18.7. The van der Waals surface area contributed by atoms with Crippen molar-refractivity contribution < 1.29 is 0 Å². The first-order chi connectivity index (χ1) is 11.2. The first-order valence-electron chi connectivity index (χ1n) is 8.55. The zero-order valence-electron chi connectivity index (χ0n) is 13.2. The number of hydrogen-bond donors (Lipinski definition) is 0. The van der Waals surface area contributed by atoms with E-state index in [2.05, 4.69) is 38.9 Å². The molecule has 0 aromatic heterocycles. The second kappa shape index (κ2) is 5.57. The number of halogens is 1. The fourth-order valence-corrected chi connectivity index (χ4v) is 5.49. The van der Waals surface area contributed by atoms with Gasteiger partial charge in [0.1, 0.15) is 6.07 Å². The minimum atomic E-state index is 0.251. The maximum absolute atomic E-state index is 9.69. The Labute approximate surface area is 146 Å². The molecule has 23 heavy (non-hydrogen) atoms. The number of anilines is 1. The van der Waals surface area contributed by atoms with Gasteiger partial charge in [-0.3, -0.25) is 0 Å². The molecule has 116 valence electrons. The van der Waals surface area contributed by atoms with Crippen molar-refractivity contribution in [1.82, 2.24) is 0 Å². The molecule has 4 rings (SSSR count). The number of benzene rings is 1. The van der Waals surface area contributed by atoms with E-state index in [1.54, 1.807) is 0 Å². The van der Waals surface area contributed by atoms with E-state index in [1.165, 1.54) is 24.0 Å². The lowest BCUT2D eigenvalue weighted by Gasteiger charge is -2.40. The van der Waals surface area contributed by atoms with E-state index in [0.29, 0.717) is 5.41 Å². The van der Waals surface area contributed by atoms with Gasteiger partial charge in [-0.25, -0.2) is 5.26 Å². The molecule has 0 atom stereocenters. The zero-order valence-corrected chi connectivity index (χ0v) is 14.8. The molecule has 1 spiro atoms. The Kier molecular flexibility index (Phi) is 3.65. The lowest BCUT2D eigenvalue weighted by Crippen LogP contribution is -2.43. The highest BCUT2D eigenvalue weighted by molar-refractivity contribution is 9.10. The van der Waals surface area contributed by atoms with E-state index in [-0.39, 0.29) is 6.71 Å². The summed E-state index contributed by atoms with van der Waals surface area (Å²) in [5.74, 6) is 2.40. The fourth-order valence-electron chi connectivity index (χ4n) is 4.75. The van der Waals surface area contributed by atoms with Crippen molar-refractivity contribution in [3.05, 3.63) is 27.2 Å². The Balaban J connectivity index is 1.66. The van der Waals surface area contributed by atoms with E-state index in [0.717, 1.165) is 60.7 Å². The summed E-state index contributed by atoms with van der Waals surface area (Å²) in [6, 6.07) is 4.71. The Morgan fingerprint density at radius 3 is 2.74 bits per heavy atom. The molecule has 5 heteroatoms. The van der Waals surface area contributed by atoms with Gasteiger partial charge in [0.25, 0.3) is 6.71 Å². The van der Waals surface area contributed by atoms with Gasteiger partial charge in [-0.15, -0.1) is 0 Å². The summed E-state index contributed by atoms with van der Waals surface area (Å²) in [5.41, 5.74) is 5.01. The van der Waals surface area contributed by atoms with Gasteiger partial charge < -0.3 is 4.90 Å². The summed E-state index contributed by atoms with van der Waals surface area (Å²) in [6.07, 6.45) is 7.91. The van der Waals surface area contributed by atoms with Gasteiger partial charge in [-0.2, -0.15) is 5.26 Å². The van der Waals surface area contributed by atoms with Gasteiger partial charge in [0.2, 0.25) is 0 Å². The molecule has 2 aliphatic heterocycles. The fraction of sp³-hybridized carbons (Fsp3) is 0.556. The van der Waals surface area contributed by atoms with Crippen LogP contribution in [0.3, 0.4) is 0 Å². The summed E-state index contributed by atoms with van der Waals surface area (Å²) >= 11 is 3.71. The topological polar surface area (TPSA) is 50.8 Å². The third kappa shape index (κ3) is 2.37. The molecule has 1 aliphatic carbocycles. The van der Waals surface area contributed by atoms with Gasteiger partial charge in [-0.1, -0.05) is 12.6 Å². The van der Waals surface area contributed by atoms with Gasteiger partial charge in [0, 0.05) is 23.5 Å². The lowest BCUT2D eigenvalue weighted by molar-refractivity contribution is 0.370. The number of hydrogen-bond acceptors (Lipinski definition) is 3. The van der Waals surface area contributed by atoms with Crippen LogP contribution in [-0.2, 0) is 12.8 Å². The van der Waals surface area contributed by atoms with Crippen LogP contribution in [0.5, 0.6) is 0 Å². The highest BCUT2D eigenvalue weighted by Gasteiger charge is 2.50. The van der Waals surface area contributed by atoms with Gasteiger partial charge in [0.05, 0.1) is 11.3 Å².